The molecule has 0 saturated heterocycles. The van der Waals surface area contributed by atoms with Crippen LogP contribution >= 0.6 is 0 Å². The standard InChI is InChI=1S/C31H50N4O5/c1-8-11-12-13-20-35(29(38)25(18-19-26(32)36)34-30(39)40-31(5,6)7)27(28(37)33-22(4)15-9-2)24-17-14-16-23(10-3)21-24/h10,14,16-17,21-22,25,27H,3,8-9,11-13,15,18-20H2,1-2,4-7H3,(H2,32,36)(H,33,37)(H,34,39). The van der Waals surface area contributed by atoms with E-state index in [9.17, 15) is 19.2 Å². The van der Waals surface area contributed by atoms with Gasteiger partial charge in [0.1, 0.15) is 17.7 Å². The summed E-state index contributed by atoms with van der Waals surface area (Å²) in [5.41, 5.74) is 6.05. The van der Waals surface area contributed by atoms with Crippen LogP contribution in [0.5, 0.6) is 0 Å². The molecular formula is C31H50N4O5. The number of benzene rings is 1. The van der Waals surface area contributed by atoms with Crippen molar-refractivity contribution in [2.24, 2.45) is 5.73 Å². The molecule has 0 bridgehead atoms. The first kappa shape index (κ1) is 34.7. The highest BCUT2D eigenvalue weighted by molar-refractivity contribution is 5.92. The molecule has 0 radical (unpaired) electrons. The first-order chi connectivity index (χ1) is 18.8. The van der Waals surface area contributed by atoms with E-state index in [0.717, 1.165) is 37.7 Å². The van der Waals surface area contributed by atoms with Gasteiger partial charge in [-0.25, -0.2) is 4.79 Å². The van der Waals surface area contributed by atoms with Crippen LogP contribution in [0.4, 0.5) is 4.79 Å². The number of carbonyl (C=O) groups excluding carboxylic acids is 4. The summed E-state index contributed by atoms with van der Waals surface area (Å²) >= 11 is 0. The van der Waals surface area contributed by atoms with Crippen LogP contribution in [0.3, 0.4) is 0 Å². The molecule has 0 aliphatic rings. The van der Waals surface area contributed by atoms with Gasteiger partial charge >= 0.3 is 6.09 Å². The number of nitrogens with two attached hydrogens (primary N) is 1. The van der Waals surface area contributed by atoms with Gasteiger partial charge in [-0.15, -0.1) is 0 Å². The lowest BCUT2D eigenvalue weighted by atomic mass is 9.98. The first-order valence-electron chi connectivity index (χ1n) is 14.4. The van der Waals surface area contributed by atoms with E-state index < -0.39 is 35.6 Å². The van der Waals surface area contributed by atoms with E-state index in [1.807, 2.05) is 38.1 Å². The van der Waals surface area contributed by atoms with Crippen molar-refractivity contribution < 1.29 is 23.9 Å². The molecule has 0 fully saturated rings. The molecular weight excluding hydrogens is 508 g/mol. The van der Waals surface area contributed by atoms with Gasteiger partial charge in [-0.1, -0.05) is 70.4 Å². The van der Waals surface area contributed by atoms with E-state index in [2.05, 4.69) is 24.1 Å². The van der Waals surface area contributed by atoms with Crippen molar-refractivity contribution in [2.75, 3.05) is 6.54 Å². The Labute approximate surface area is 240 Å². The van der Waals surface area contributed by atoms with Crippen molar-refractivity contribution >= 4 is 29.9 Å². The van der Waals surface area contributed by atoms with Crippen molar-refractivity contribution in [2.45, 2.75) is 117 Å². The highest BCUT2D eigenvalue weighted by Crippen LogP contribution is 2.26. The van der Waals surface area contributed by atoms with Gasteiger partial charge in [0.25, 0.3) is 0 Å². The number of hydrogen-bond donors (Lipinski definition) is 3. The van der Waals surface area contributed by atoms with Gasteiger partial charge in [0, 0.05) is 19.0 Å². The minimum Gasteiger partial charge on any atom is -0.444 e. The Kier molecular flexibility index (Phi) is 15.0. The first-order valence-corrected chi connectivity index (χ1v) is 14.4. The van der Waals surface area contributed by atoms with Crippen LogP contribution in [0.1, 0.15) is 110 Å². The predicted octanol–water partition coefficient (Wildman–Crippen LogP) is 5.24. The number of unbranched alkanes of at least 4 members (excludes halogenated alkanes) is 3. The number of ether oxygens (including phenoxy) is 1. The van der Waals surface area contributed by atoms with Gasteiger partial charge < -0.3 is 26.0 Å². The zero-order valence-electron chi connectivity index (χ0n) is 25.3. The van der Waals surface area contributed by atoms with Gasteiger partial charge in [0.2, 0.25) is 17.7 Å². The molecule has 0 heterocycles. The molecule has 0 spiro atoms. The van der Waals surface area contributed by atoms with Crippen LogP contribution in [0.2, 0.25) is 0 Å². The molecule has 0 aliphatic carbocycles. The molecule has 4 N–H and O–H groups in total. The molecule has 0 saturated carbocycles. The molecule has 0 aromatic heterocycles. The van der Waals surface area contributed by atoms with Crippen molar-refractivity contribution in [3.8, 4) is 0 Å². The highest BCUT2D eigenvalue weighted by atomic mass is 16.6. The van der Waals surface area contributed by atoms with Crippen LogP contribution in [-0.4, -0.2) is 52.9 Å². The second-order valence-electron chi connectivity index (χ2n) is 11.3. The molecule has 3 atom stereocenters. The predicted molar refractivity (Wildman–Crippen MR) is 159 cm³/mol. The number of amides is 4. The van der Waals surface area contributed by atoms with Crippen LogP contribution in [0, 0.1) is 0 Å². The lowest BCUT2D eigenvalue weighted by Crippen LogP contribution is -2.54. The molecule has 224 valence electrons. The third-order valence-corrected chi connectivity index (χ3v) is 6.34. The van der Waals surface area contributed by atoms with E-state index in [1.165, 1.54) is 4.90 Å². The summed E-state index contributed by atoms with van der Waals surface area (Å²) in [6, 6.07) is 5.19. The fraction of sp³-hybridized carbons (Fsp3) is 0.613. The highest BCUT2D eigenvalue weighted by Gasteiger charge is 2.36. The third-order valence-electron chi connectivity index (χ3n) is 6.34. The Morgan fingerprint density at radius 1 is 1.05 bits per heavy atom. The maximum absolute atomic E-state index is 14.2. The second-order valence-corrected chi connectivity index (χ2v) is 11.3. The minimum atomic E-state index is -1.11. The maximum Gasteiger partial charge on any atom is 0.408 e. The van der Waals surface area contributed by atoms with Crippen LogP contribution in [0.25, 0.3) is 6.08 Å². The summed E-state index contributed by atoms with van der Waals surface area (Å²) in [4.78, 5) is 53.9. The molecule has 3 unspecified atom stereocenters. The number of hydrogen-bond acceptors (Lipinski definition) is 5. The average Bonchev–Trinajstić information content (AvgIpc) is 2.86. The summed E-state index contributed by atoms with van der Waals surface area (Å²) < 4.78 is 5.39. The normalized spacial score (nSPS) is 13.4. The van der Waals surface area contributed by atoms with E-state index in [-0.39, 0.29) is 24.8 Å². The molecule has 0 aliphatic heterocycles. The Balaban J connectivity index is 3.57. The molecule has 4 amide bonds. The van der Waals surface area contributed by atoms with Gasteiger partial charge in [0.05, 0.1) is 0 Å². The quantitative estimate of drug-likeness (QED) is 0.225. The van der Waals surface area contributed by atoms with E-state index >= 15 is 0 Å². The van der Waals surface area contributed by atoms with Gasteiger partial charge in [-0.2, -0.15) is 0 Å². The smallest absolute Gasteiger partial charge is 0.408 e. The summed E-state index contributed by atoms with van der Waals surface area (Å²) in [7, 11) is 0. The largest absolute Gasteiger partial charge is 0.444 e. The molecule has 9 nitrogen and oxygen atoms in total. The molecule has 40 heavy (non-hydrogen) atoms. The zero-order valence-corrected chi connectivity index (χ0v) is 25.3. The van der Waals surface area contributed by atoms with Crippen LogP contribution in [0.15, 0.2) is 30.8 Å². The fourth-order valence-electron chi connectivity index (χ4n) is 4.43. The topological polar surface area (TPSA) is 131 Å². The summed E-state index contributed by atoms with van der Waals surface area (Å²) in [6.07, 6.45) is 5.98. The summed E-state index contributed by atoms with van der Waals surface area (Å²) in [6.45, 7) is 15.4. The van der Waals surface area contributed by atoms with E-state index in [4.69, 9.17) is 10.5 Å². The second kappa shape index (κ2) is 17.4. The Bertz CT molecular complexity index is 988. The number of alkyl carbamates (subject to hydrolysis) is 1. The maximum atomic E-state index is 14.2. The van der Waals surface area contributed by atoms with Crippen molar-refractivity contribution in [3.05, 3.63) is 42.0 Å². The lowest BCUT2D eigenvalue weighted by molar-refractivity contribution is -0.143. The zero-order chi connectivity index (χ0) is 30.3. The van der Waals surface area contributed by atoms with Gasteiger partial charge in [-0.3, -0.25) is 14.4 Å². The monoisotopic (exact) mass is 558 g/mol. The number of nitrogens with one attached hydrogen (secondary N) is 2. The summed E-state index contributed by atoms with van der Waals surface area (Å²) in [5, 5.41) is 5.70. The summed E-state index contributed by atoms with van der Waals surface area (Å²) in [5.74, 6) is -1.38. The van der Waals surface area contributed by atoms with E-state index in [1.54, 1.807) is 26.8 Å². The van der Waals surface area contributed by atoms with Gasteiger partial charge in [-0.05, 0) is 64.2 Å². The number of primary amides is 1. The average molecular weight is 559 g/mol. The molecule has 1 aromatic carbocycles. The van der Waals surface area contributed by atoms with Crippen molar-refractivity contribution in [1.29, 1.82) is 0 Å². The van der Waals surface area contributed by atoms with Crippen molar-refractivity contribution in [1.82, 2.24) is 15.5 Å². The molecule has 1 aromatic rings. The Hall–Kier alpha value is -3.36. The lowest BCUT2D eigenvalue weighted by Gasteiger charge is -2.35. The number of nitrogens with zero attached hydrogens (tertiary/aromatic N) is 1. The van der Waals surface area contributed by atoms with Gasteiger partial charge in [0.15, 0.2) is 0 Å². The minimum absolute atomic E-state index is 0.0217. The van der Waals surface area contributed by atoms with E-state index in [0.29, 0.717) is 18.5 Å². The van der Waals surface area contributed by atoms with Crippen molar-refractivity contribution in [3.63, 3.8) is 0 Å². The third kappa shape index (κ3) is 12.7. The molecule has 1 rings (SSSR count). The molecule has 9 heteroatoms. The van der Waals surface area contributed by atoms with Crippen LogP contribution < -0.4 is 16.4 Å². The number of carbonyl (C=O) groups is 4. The Morgan fingerprint density at radius 2 is 1.75 bits per heavy atom. The SMILES string of the molecule is C=Cc1cccc(C(C(=O)NC(C)CCC)N(CCCCCC)C(=O)C(CCC(N)=O)NC(=O)OC(C)(C)C)c1. The van der Waals surface area contributed by atoms with Crippen LogP contribution in [-0.2, 0) is 19.1 Å². The Morgan fingerprint density at radius 3 is 2.33 bits per heavy atom. The fourth-order valence-corrected chi connectivity index (χ4v) is 4.43. The number of rotatable bonds is 17.